The highest BCUT2D eigenvalue weighted by Gasteiger charge is 2.14. The fourth-order valence-electron chi connectivity index (χ4n) is 2.52. The maximum Gasteiger partial charge on any atom is 0.213 e. The normalized spacial score (nSPS) is 12.0. The molecule has 0 N–H and O–H groups in total. The van der Waals surface area contributed by atoms with E-state index in [-0.39, 0.29) is 11.0 Å². The molecule has 0 spiro atoms. The van der Waals surface area contributed by atoms with E-state index < -0.39 is 0 Å². The van der Waals surface area contributed by atoms with Gasteiger partial charge in [0.25, 0.3) is 0 Å². The molecule has 0 aliphatic heterocycles. The number of hydrogen-bond donors (Lipinski definition) is 0. The fraction of sp³-hybridized carbons (Fsp3) is 0.263. The third-order valence-electron chi connectivity index (χ3n) is 3.96. The molecule has 0 aliphatic carbocycles. The molecule has 2 aromatic heterocycles. The molecule has 0 amide bonds. The molecule has 1 atom stereocenters. The van der Waals surface area contributed by atoms with E-state index in [2.05, 4.69) is 34.2 Å². The predicted molar refractivity (Wildman–Crippen MR) is 101 cm³/mol. The Balaban J connectivity index is 1.72. The molecular formula is C19H20N4O2S. The number of methoxy groups -OCH3 is 1. The van der Waals surface area contributed by atoms with Crippen LogP contribution in [-0.2, 0) is 13.5 Å². The van der Waals surface area contributed by atoms with Crippen LogP contribution in [0.15, 0.2) is 53.9 Å². The lowest BCUT2D eigenvalue weighted by molar-refractivity contribution is 0.0987. The van der Waals surface area contributed by atoms with Crippen molar-refractivity contribution in [3.8, 4) is 5.88 Å². The molecule has 1 aromatic carbocycles. The monoisotopic (exact) mass is 368 g/mol. The Morgan fingerprint density at radius 2 is 2.08 bits per heavy atom. The molecule has 7 heteroatoms. The first-order chi connectivity index (χ1) is 12.6. The minimum Gasteiger partial charge on any atom is -0.481 e. The van der Waals surface area contributed by atoms with E-state index in [1.807, 2.05) is 23.7 Å². The zero-order valence-corrected chi connectivity index (χ0v) is 15.7. The van der Waals surface area contributed by atoms with Crippen LogP contribution in [0.5, 0.6) is 5.88 Å². The van der Waals surface area contributed by atoms with E-state index in [4.69, 9.17) is 4.74 Å². The standard InChI is InChI=1S/C19H20N4O2S/c1-13(26-19-22-20-12-23(19)2)15-7-4-6-14(10-15)11-17(24)16-8-5-9-18(21-16)25-3/h4-10,12-13H,11H2,1-3H3/t13-/m0/s1. The number of pyridine rings is 1. The van der Waals surface area contributed by atoms with Crippen LogP contribution >= 0.6 is 11.8 Å². The van der Waals surface area contributed by atoms with Crippen molar-refractivity contribution in [1.82, 2.24) is 19.7 Å². The molecule has 0 saturated carbocycles. The quantitative estimate of drug-likeness (QED) is 0.470. The summed E-state index contributed by atoms with van der Waals surface area (Å²) in [5.74, 6) is 0.410. The van der Waals surface area contributed by atoms with E-state index in [1.165, 1.54) is 7.11 Å². The molecule has 0 saturated heterocycles. The molecular weight excluding hydrogens is 348 g/mol. The Bertz CT molecular complexity index is 910. The second-order valence-electron chi connectivity index (χ2n) is 5.89. The van der Waals surface area contributed by atoms with Gasteiger partial charge in [0.2, 0.25) is 5.88 Å². The minimum absolute atomic E-state index is 0.0327. The number of ether oxygens (including phenoxy) is 1. The summed E-state index contributed by atoms with van der Waals surface area (Å²) in [7, 11) is 3.46. The third-order valence-corrected chi connectivity index (χ3v) is 5.16. The predicted octanol–water partition coefficient (Wildman–Crippen LogP) is 3.50. The van der Waals surface area contributed by atoms with Gasteiger partial charge < -0.3 is 9.30 Å². The molecule has 0 fully saturated rings. The number of carbonyl (C=O) groups is 1. The minimum atomic E-state index is -0.0327. The average molecular weight is 368 g/mol. The van der Waals surface area contributed by atoms with Crippen molar-refractivity contribution in [2.24, 2.45) is 7.05 Å². The lowest BCUT2D eigenvalue weighted by atomic mass is 10.0. The maximum absolute atomic E-state index is 12.5. The van der Waals surface area contributed by atoms with E-state index in [1.54, 1.807) is 36.3 Å². The molecule has 26 heavy (non-hydrogen) atoms. The number of thioether (sulfide) groups is 1. The average Bonchev–Trinajstić information content (AvgIpc) is 3.06. The first-order valence-corrected chi connectivity index (χ1v) is 9.08. The maximum atomic E-state index is 12.5. The van der Waals surface area contributed by atoms with Gasteiger partial charge in [-0.2, -0.15) is 0 Å². The number of aromatic nitrogens is 4. The molecule has 6 nitrogen and oxygen atoms in total. The number of benzene rings is 1. The Hall–Kier alpha value is -2.67. The van der Waals surface area contributed by atoms with Crippen molar-refractivity contribution >= 4 is 17.5 Å². The van der Waals surface area contributed by atoms with Gasteiger partial charge in [0.05, 0.1) is 7.11 Å². The molecule has 0 unspecified atom stereocenters. The second-order valence-corrected chi connectivity index (χ2v) is 7.20. The highest BCUT2D eigenvalue weighted by Crippen LogP contribution is 2.33. The second kappa shape index (κ2) is 8.14. The Morgan fingerprint density at radius 1 is 1.27 bits per heavy atom. The number of carbonyl (C=O) groups excluding carboxylic acids is 1. The Labute approximate surface area is 156 Å². The smallest absolute Gasteiger partial charge is 0.213 e. The summed E-state index contributed by atoms with van der Waals surface area (Å²) >= 11 is 1.63. The molecule has 0 aliphatic rings. The van der Waals surface area contributed by atoms with Crippen LogP contribution in [0.4, 0.5) is 0 Å². The van der Waals surface area contributed by atoms with Crippen LogP contribution in [0, 0.1) is 0 Å². The third kappa shape index (κ3) is 4.29. The summed E-state index contributed by atoms with van der Waals surface area (Å²) in [6.45, 7) is 2.11. The molecule has 3 rings (SSSR count). The lowest BCUT2D eigenvalue weighted by Crippen LogP contribution is -2.07. The van der Waals surface area contributed by atoms with Gasteiger partial charge in [-0.25, -0.2) is 4.98 Å². The Kier molecular flexibility index (Phi) is 5.68. The van der Waals surface area contributed by atoms with Gasteiger partial charge in [0.15, 0.2) is 10.9 Å². The van der Waals surface area contributed by atoms with E-state index in [9.17, 15) is 4.79 Å². The van der Waals surface area contributed by atoms with Crippen molar-refractivity contribution in [2.75, 3.05) is 7.11 Å². The summed E-state index contributed by atoms with van der Waals surface area (Å²) < 4.78 is 6.98. The number of aryl methyl sites for hydroxylation is 1. The number of nitrogens with zero attached hydrogens (tertiary/aromatic N) is 4. The van der Waals surface area contributed by atoms with Gasteiger partial charge in [0, 0.05) is 24.8 Å². The SMILES string of the molecule is COc1cccc(C(=O)Cc2cccc([C@H](C)Sc3nncn3C)c2)n1. The van der Waals surface area contributed by atoms with Gasteiger partial charge in [-0.1, -0.05) is 42.1 Å². The van der Waals surface area contributed by atoms with Crippen molar-refractivity contribution < 1.29 is 9.53 Å². The van der Waals surface area contributed by atoms with Crippen LogP contribution in [0.3, 0.4) is 0 Å². The molecule has 0 bridgehead atoms. The molecule has 0 radical (unpaired) electrons. The van der Waals surface area contributed by atoms with Gasteiger partial charge >= 0.3 is 0 Å². The largest absolute Gasteiger partial charge is 0.481 e. The Morgan fingerprint density at radius 3 is 2.81 bits per heavy atom. The van der Waals surface area contributed by atoms with Crippen LogP contribution in [-0.4, -0.2) is 32.6 Å². The van der Waals surface area contributed by atoms with E-state index in [0.717, 1.165) is 16.3 Å². The topological polar surface area (TPSA) is 69.9 Å². The van der Waals surface area contributed by atoms with Crippen molar-refractivity contribution in [1.29, 1.82) is 0 Å². The summed E-state index contributed by atoms with van der Waals surface area (Å²) in [5.41, 5.74) is 2.51. The van der Waals surface area contributed by atoms with Gasteiger partial charge in [-0.15, -0.1) is 10.2 Å². The zero-order chi connectivity index (χ0) is 18.5. The highest BCUT2D eigenvalue weighted by atomic mass is 32.2. The van der Waals surface area contributed by atoms with Crippen LogP contribution in [0.25, 0.3) is 0 Å². The van der Waals surface area contributed by atoms with Gasteiger partial charge in [-0.05, 0) is 24.1 Å². The highest BCUT2D eigenvalue weighted by molar-refractivity contribution is 7.99. The first-order valence-electron chi connectivity index (χ1n) is 8.20. The zero-order valence-electron chi connectivity index (χ0n) is 14.9. The number of Topliss-reactive ketones (excluding diaryl/α,β-unsaturated/α-hetero) is 1. The van der Waals surface area contributed by atoms with Crippen molar-refractivity contribution in [3.05, 3.63) is 65.6 Å². The summed E-state index contributed by atoms with van der Waals surface area (Å²) in [6, 6.07) is 13.3. The number of ketones is 1. The van der Waals surface area contributed by atoms with Crippen LogP contribution < -0.4 is 4.74 Å². The van der Waals surface area contributed by atoms with E-state index in [0.29, 0.717) is 18.0 Å². The van der Waals surface area contributed by atoms with Crippen molar-refractivity contribution in [3.63, 3.8) is 0 Å². The molecule has 2 heterocycles. The summed E-state index contributed by atoms with van der Waals surface area (Å²) in [4.78, 5) is 16.7. The van der Waals surface area contributed by atoms with Gasteiger partial charge in [-0.3, -0.25) is 4.79 Å². The van der Waals surface area contributed by atoms with E-state index >= 15 is 0 Å². The number of rotatable bonds is 7. The van der Waals surface area contributed by atoms with Crippen LogP contribution in [0.1, 0.15) is 33.8 Å². The first kappa shape index (κ1) is 18.1. The summed E-state index contributed by atoms with van der Waals surface area (Å²) in [6.07, 6.45) is 1.99. The van der Waals surface area contributed by atoms with Crippen molar-refractivity contribution in [2.45, 2.75) is 23.8 Å². The summed E-state index contributed by atoms with van der Waals surface area (Å²) in [5, 5.41) is 9.07. The number of hydrogen-bond acceptors (Lipinski definition) is 6. The fourth-order valence-corrected chi connectivity index (χ4v) is 3.43. The van der Waals surface area contributed by atoms with Crippen LogP contribution in [0.2, 0.25) is 0 Å². The lowest BCUT2D eigenvalue weighted by Gasteiger charge is -2.12. The van der Waals surface area contributed by atoms with Gasteiger partial charge in [0.1, 0.15) is 12.0 Å². The molecule has 134 valence electrons. The molecule has 3 aromatic rings.